The maximum Gasteiger partial charge on any atom is 0.274 e. The van der Waals surface area contributed by atoms with Crippen LogP contribution in [0.2, 0.25) is 0 Å². The number of hydrogen-bond donors (Lipinski definition) is 2. The molecule has 6 heteroatoms. The third-order valence-electron chi connectivity index (χ3n) is 2.32. The minimum atomic E-state index is -3.55. The Labute approximate surface area is 103 Å². The van der Waals surface area contributed by atoms with Crippen molar-refractivity contribution in [3.8, 4) is 0 Å². The molecule has 0 aliphatic rings. The molecule has 96 valence electrons. The third-order valence-corrected chi connectivity index (χ3v) is 2.92. The van der Waals surface area contributed by atoms with E-state index in [4.69, 9.17) is 5.14 Å². The summed E-state index contributed by atoms with van der Waals surface area (Å²) in [4.78, 5) is 2.14. The lowest BCUT2D eigenvalue weighted by molar-refractivity contribution is 0.322. The van der Waals surface area contributed by atoms with Gasteiger partial charge in [0.25, 0.3) is 10.2 Å². The second-order valence-corrected chi connectivity index (χ2v) is 5.39. The molecule has 0 unspecified atom stereocenters. The summed E-state index contributed by atoms with van der Waals surface area (Å²) >= 11 is 0. The first-order valence-corrected chi connectivity index (χ1v) is 7.02. The van der Waals surface area contributed by atoms with Crippen molar-refractivity contribution in [1.29, 1.82) is 0 Å². The van der Waals surface area contributed by atoms with Gasteiger partial charge >= 0.3 is 0 Å². The van der Waals surface area contributed by atoms with Crippen molar-refractivity contribution in [2.75, 3.05) is 20.1 Å². The number of rotatable bonds is 7. The van der Waals surface area contributed by atoms with Crippen molar-refractivity contribution in [3.05, 3.63) is 35.9 Å². The highest BCUT2D eigenvalue weighted by atomic mass is 32.2. The van der Waals surface area contributed by atoms with Crippen molar-refractivity contribution in [3.63, 3.8) is 0 Å². The van der Waals surface area contributed by atoms with Crippen LogP contribution < -0.4 is 9.86 Å². The Bertz CT molecular complexity index is 420. The van der Waals surface area contributed by atoms with E-state index in [0.717, 1.165) is 19.5 Å². The predicted molar refractivity (Wildman–Crippen MR) is 68.5 cm³/mol. The van der Waals surface area contributed by atoms with Crippen molar-refractivity contribution in [1.82, 2.24) is 9.62 Å². The van der Waals surface area contributed by atoms with Crippen LogP contribution in [0.5, 0.6) is 0 Å². The molecule has 0 spiro atoms. The molecule has 3 N–H and O–H groups in total. The van der Waals surface area contributed by atoms with Crippen molar-refractivity contribution in [2.45, 2.75) is 13.0 Å². The van der Waals surface area contributed by atoms with E-state index in [9.17, 15) is 8.42 Å². The summed E-state index contributed by atoms with van der Waals surface area (Å²) in [6, 6.07) is 10.1. The molecule has 0 aliphatic heterocycles. The number of hydrogen-bond acceptors (Lipinski definition) is 3. The molecule has 0 fully saturated rings. The van der Waals surface area contributed by atoms with Gasteiger partial charge < -0.3 is 4.90 Å². The molecule has 0 heterocycles. The zero-order valence-electron chi connectivity index (χ0n) is 9.96. The highest BCUT2D eigenvalue weighted by Gasteiger charge is 2.02. The maximum atomic E-state index is 10.6. The zero-order chi connectivity index (χ0) is 12.7. The summed E-state index contributed by atoms with van der Waals surface area (Å²) in [6.07, 6.45) is 0.736. The van der Waals surface area contributed by atoms with Gasteiger partial charge in [-0.25, -0.2) is 9.86 Å². The summed E-state index contributed by atoms with van der Waals surface area (Å²) in [5.41, 5.74) is 1.24. The second-order valence-electron chi connectivity index (χ2n) is 4.02. The average molecular weight is 257 g/mol. The van der Waals surface area contributed by atoms with Crippen LogP contribution in [-0.4, -0.2) is 33.5 Å². The van der Waals surface area contributed by atoms with E-state index < -0.39 is 10.2 Å². The van der Waals surface area contributed by atoms with Crippen molar-refractivity contribution >= 4 is 10.2 Å². The van der Waals surface area contributed by atoms with Crippen LogP contribution in [0.4, 0.5) is 0 Å². The second kappa shape index (κ2) is 6.70. The minimum absolute atomic E-state index is 0.373. The van der Waals surface area contributed by atoms with E-state index in [1.807, 2.05) is 25.2 Å². The van der Waals surface area contributed by atoms with Crippen LogP contribution in [0.25, 0.3) is 0 Å². The van der Waals surface area contributed by atoms with E-state index in [1.165, 1.54) is 5.56 Å². The largest absolute Gasteiger partial charge is 0.302 e. The maximum absolute atomic E-state index is 10.6. The van der Waals surface area contributed by atoms with Crippen LogP contribution >= 0.6 is 0 Å². The smallest absolute Gasteiger partial charge is 0.274 e. The number of nitrogens with two attached hydrogens (primary N) is 1. The minimum Gasteiger partial charge on any atom is -0.302 e. The number of nitrogens with one attached hydrogen (secondary N) is 1. The zero-order valence-corrected chi connectivity index (χ0v) is 10.8. The monoisotopic (exact) mass is 257 g/mol. The lowest BCUT2D eigenvalue weighted by Gasteiger charge is -2.16. The Morgan fingerprint density at radius 1 is 1.29 bits per heavy atom. The topological polar surface area (TPSA) is 75.4 Å². The Morgan fingerprint density at radius 3 is 2.53 bits per heavy atom. The Morgan fingerprint density at radius 2 is 1.94 bits per heavy atom. The lowest BCUT2D eigenvalue weighted by Crippen LogP contribution is -2.33. The molecule has 0 aliphatic carbocycles. The highest BCUT2D eigenvalue weighted by molar-refractivity contribution is 7.87. The summed E-state index contributed by atoms with van der Waals surface area (Å²) in [5.74, 6) is 0. The van der Waals surface area contributed by atoms with Gasteiger partial charge in [-0.15, -0.1) is 0 Å². The van der Waals surface area contributed by atoms with Gasteiger partial charge in [-0.2, -0.15) is 8.42 Å². The molecule has 0 aromatic heterocycles. The standard InChI is InChI=1S/C11H19N3O2S/c1-14(9-5-8-13-17(12,15)16)10-11-6-3-2-4-7-11/h2-4,6-7,13H,5,8-10H2,1H3,(H2,12,15,16). The van der Waals surface area contributed by atoms with E-state index in [1.54, 1.807) is 0 Å². The van der Waals surface area contributed by atoms with Crippen LogP contribution in [0.15, 0.2) is 30.3 Å². The molecular formula is C11H19N3O2S. The molecule has 0 atom stereocenters. The molecule has 0 amide bonds. The average Bonchev–Trinajstić information content (AvgIpc) is 2.25. The Balaban J connectivity index is 2.20. The molecular weight excluding hydrogens is 238 g/mol. The van der Waals surface area contributed by atoms with Crippen molar-refractivity contribution in [2.24, 2.45) is 5.14 Å². The fraction of sp³-hybridized carbons (Fsp3) is 0.455. The first-order chi connectivity index (χ1) is 7.97. The molecule has 0 bridgehead atoms. The normalized spacial score (nSPS) is 11.9. The number of nitrogens with zero attached hydrogens (tertiary/aromatic N) is 1. The van der Waals surface area contributed by atoms with E-state index in [-0.39, 0.29) is 0 Å². The molecule has 5 nitrogen and oxygen atoms in total. The Kier molecular flexibility index (Phi) is 5.57. The van der Waals surface area contributed by atoms with Crippen LogP contribution in [-0.2, 0) is 16.8 Å². The quantitative estimate of drug-likeness (QED) is 0.690. The van der Waals surface area contributed by atoms with Crippen LogP contribution in [0.1, 0.15) is 12.0 Å². The summed E-state index contributed by atoms with van der Waals surface area (Å²) in [6.45, 7) is 2.05. The summed E-state index contributed by atoms with van der Waals surface area (Å²) in [7, 11) is -1.55. The fourth-order valence-corrected chi connectivity index (χ4v) is 1.97. The SMILES string of the molecule is CN(CCCNS(N)(=O)=O)Cc1ccccc1. The third kappa shape index (κ3) is 7.06. The van der Waals surface area contributed by atoms with E-state index in [2.05, 4.69) is 21.8 Å². The van der Waals surface area contributed by atoms with Gasteiger partial charge in [-0.05, 0) is 25.6 Å². The molecule has 1 aromatic carbocycles. The molecule has 0 saturated carbocycles. The van der Waals surface area contributed by atoms with Crippen LogP contribution in [0, 0.1) is 0 Å². The predicted octanol–water partition coefficient (Wildman–Crippen LogP) is 0.302. The van der Waals surface area contributed by atoms with E-state index >= 15 is 0 Å². The lowest BCUT2D eigenvalue weighted by atomic mass is 10.2. The summed E-state index contributed by atoms with van der Waals surface area (Å²) in [5, 5.41) is 4.82. The Hall–Kier alpha value is -0.950. The number of benzene rings is 1. The van der Waals surface area contributed by atoms with Gasteiger partial charge in [0.05, 0.1) is 0 Å². The van der Waals surface area contributed by atoms with Gasteiger partial charge in [-0.1, -0.05) is 30.3 Å². The first-order valence-electron chi connectivity index (χ1n) is 5.47. The van der Waals surface area contributed by atoms with Gasteiger partial charge in [0.1, 0.15) is 0 Å². The fourth-order valence-electron chi connectivity index (χ4n) is 1.54. The highest BCUT2D eigenvalue weighted by Crippen LogP contribution is 2.02. The van der Waals surface area contributed by atoms with Gasteiger partial charge in [0, 0.05) is 13.1 Å². The van der Waals surface area contributed by atoms with Gasteiger partial charge in [0.15, 0.2) is 0 Å². The van der Waals surface area contributed by atoms with Gasteiger partial charge in [0.2, 0.25) is 0 Å². The summed E-state index contributed by atoms with van der Waals surface area (Å²) < 4.78 is 23.5. The molecule has 1 aromatic rings. The molecule has 17 heavy (non-hydrogen) atoms. The van der Waals surface area contributed by atoms with E-state index in [0.29, 0.717) is 6.54 Å². The van der Waals surface area contributed by atoms with Crippen LogP contribution in [0.3, 0.4) is 0 Å². The van der Waals surface area contributed by atoms with Crippen molar-refractivity contribution < 1.29 is 8.42 Å². The molecule has 0 saturated heterocycles. The first kappa shape index (κ1) is 14.1. The van der Waals surface area contributed by atoms with Gasteiger partial charge in [-0.3, -0.25) is 0 Å². The molecule has 1 rings (SSSR count). The molecule has 0 radical (unpaired) electrons.